The number of aromatic nitrogens is 5. The predicted molar refractivity (Wildman–Crippen MR) is 134 cm³/mol. The van der Waals surface area contributed by atoms with Crippen LogP contribution in [0.5, 0.6) is 0 Å². The summed E-state index contributed by atoms with van der Waals surface area (Å²) in [6.45, 7) is 7.71. The topological polar surface area (TPSA) is 108 Å². The molecule has 5 rings (SSSR count). The van der Waals surface area contributed by atoms with Crippen LogP contribution in [0.4, 0.5) is 10.2 Å². The molecule has 0 saturated carbocycles. The van der Waals surface area contributed by atoms with Gasteiger partial charge in [-0.1, -0.05) is 13.8 Å². The highest BCUT2D eigenvalue weighted by Crippen LogP contribution is 2.39. The summed E-state index contributed by atoms with van der Waals surface area (Å²) in [5.41, 5.74) is 10.6. The highest BCUT2D eigenvalue weighted by Gasteiger charge is 2.28. The lowest BCUT2D eigenvalue weighted by atomic mass is 9.96. The zero-order valence-corrected chi connectivity index (χ0v) is 20.5. The number of fused-ring (bicyclic) bond motifs is 2. The van der Waals surface area contributed by atoms with Crippen molar-refractivity contribution in [2.75, 3.05) is 31.6 Å². The lowest BCUT2D eigenvalue weighted by molar-refractivity contribution is -0.119. The second-order valence-corrected chi connectivity index (χ2v) is 9.79. The zero-order valence-electron chi connectivity index (χ0n) is 20.5. The molecule has 0 bridgehead atoms. The van der Waals surface area contributed by atoms with Crippen molar-refractivity contribution in [2.45, 2.75) is 45.6 Å². The van der Waals surface area contributed by atoms with Crippen molar-refractivity contribution in [3.63, 3.8) is 0 Å². The number of aromatic amines is 1. The monoisotopic (exact) mass is 478 g/mol. The Labute approximate surface area is 203 Å². The fourth-order valence-corrected chi connectivity index (χ4v) is 5.31. The number of likely N-dealkylation sites (N-methyl/N-ethyl adjacent to an activating group) is 1. The minimum absolute atomic E-state index is 0.0865. The summed E-state index contributed by atoms with van der Waals surface area (Å²) in [4.78, 5) is 27.5. The van der Waals surface area contributed by atoms with Crippen molar-refractivity contribution in [2.24, 2.45) is 5.73 Å². The first kappa shape index (κ1) is 23.2. The minimum Gasteiger partial charge on any atom is -0.369 e. The molecule has 4 aromatic rings. The number of pyridine rings is 2. The van der Waals surface area contributed by atoms with E-state index in [2.05, 4.69) is 40.0 Å². The Morgan fingerprint density at radius 1 is 1.31 bits per heavy atom. The second kappa shape index (κ2) is 8.92. The van der Waals surface area contributed by atoms with E-state index in [0.717, 1.165) is 40.9 Å². The third-order valence-corrected chi connectivity index (χ3v) is 7.02. The molecule has 1 aliphatic rings. The summed E-state index contributed by atoms with van der Waals surface area (Å²) in [5, 5.41) is 4.88. The van der Waals surface area contributed by atoms with E-state index in [1.54, 1.807) is 10.7 Å². The molecule has 5 heterocycles. The molecule has 4 aromatic heterocycles. The molecule has 1 aliphatic heterocycles. The number of H-pyrrole nitrogens is 1. The van der Waals surface area contributed by atoms with Gasteiger partial charge in [-0.15, -0.1) is 0 Å². The van der Waals surface area contributed by atoms with Crippen LogP contribution in [0.25, 0.3) is 27.8 Å². The van der Waals surface area contributed by atoms with Gasteiger partial charge in [-0.25, -0.2) is 18.9 Å². The molecule has 0 unspecified atom stereocenters. The van der Waals surface area contributed by atoms with E-state index in [1.807, 2.05) is 30.0 Å². The normalized spacial score (nSPS) is 15.2. The van der Waals surface area contributed by atoms with Gasteiger partial charge in [0.05, 0.1) is 24.0 Å². The van der Waals surface area contributed by atoms with E-state index in [1.165, 1.54) is 6.33 Å². The lowest BCUT2D eigenvalue weighted by Crippen LogP contribution is -2.46. The Kier molecular flexibility index (Phi) is 5.92. The van der Waals surface area contributed by atoms with Crippen LogP contribution in [0.3, 0.4) is 0 Å². The van der Waals surface area contributed by atoms with Crippen molar-refractivity contribution >= 4 is 28.3 Å². The van der Waals surface area contributed by atoms with Crippen molar-refractivity contribution in [3.05, 3.63) is 41.7 Å². The van der Waals surface area contributed by atoms with Crippen LogP contribution >= 0.6 is 0 Å². The molecule has 1 fully saturated rings. The molecule has 0 aliphatic carbocycles. The standard InChI is InChI=1S/C25H31FN8O/c1-14(2)20-21-18(31-23(20)16-9-15(3)24-29-13-30-34(24)11-16)10-28-25(22(21)26)33-7-5-17(6-8-33)32(4)12-19(27)35/h9-11,13-14,17,31H,5-8,12H2,1-4H3,(H2,27,35). The molecule has 0 aromatic carbocycles. The van der Waals surface area contributed by atoms with Gasteiger partial charge in [0.2, 0.25) is 5.91 Å². The summed E-state index contributed by atoms with van der Waals surface area (Å²) in [6, 6.07) is 2.30. The molecule has 35 heavy (non-hydrogen) atoms. The number of hydrogen-bond donors (Lipinski definition) is 2. The maximum Gasteiger partial charge on any atom is 0.231 e. The quantitative estimate of drug-likeness (QED) is 0.441. The van der Waals surface area contributed by atoms with Crippen molar-refractivity contribution < 1.29 is 9.18 Å². The van der Waals surface area contributed by atoms with E-state index in [-0.39, 0.29) is 30.2 Å². The fourth-order valence-electron chi connectivity index (χ4n) is 5.31. The SMILES string of the molecule is Cc1cc(-c2[nH]c3cnc(N4CCC(N(C)CC(N)=O)CC4)c(F)c3c2C(C)C)cn2ncnc12. The van der Waals surface area contributed by atoms with Gasteiger partial charge in [0.1, 0.15) is 6.33 Å². The van der Waals surface area contributed by atoms with E-state index >= 15 is 4.39 Å². The van der Waals surface area contributed by atoms with E-state index in [0.29, 0.717) is 29.8 Å². The maximum atomic E-state index is 16.1. The summed E-state index contributed by atoms with van der Waals surface area (Å²) in [5.74, 6) is -0.167. The lowest BCUT2D eigenvalue weighted by Gasteiger charge is -2.37. The van der Waals surface area contributed by atoms with Crippen LogP contribution in [0.2, 0.25) is 0 Å². The van der Waals surface area contributed by atoms with Gasteiger partial charge in [-0.2, -0.15) is 5.10 Å². The van der Waals surface area contributed by atoms with E-state index < -0.39 is 0 Å². The Morgan fingerprint density at radius 3 is 2.74 bits per heavy atom. The van der Waals surface area contributed by atoms with Crippen molar-refractivity contribution in [1.82, 2.24) is 29.5 Å². The third-order valence-electron chi connectivity index (χ3n) is 7.02. The maximum absolute atomic E-state index is 16.1. The number of halogens is 1. The number of carbonyl (C=O) groups excluding carboxylic acids is 1. The summed E-state index contributed by atoms with van der Waals surface area (Å²) < 4.78 is 17.8. The van der Waals surface area contributed by atoms with E-state index in [4.69, 9.17) is 5.73 Å². The fraction of sp³-hybridized carbons (Fsp3) is 0.440. The highest BCUT2D eigenvalue weighted by atomic mass is 19.1. The second-order valence-electron chi connectivity index (χ2n) is 9.79. The average molecular weight is 479 g/mol. The van der Waals surface area contributed by atoms with Gasteiger partial charge < -0.3 is 15.6 Å². The van der Waals surface area contributed by atoms with Gasteiger partial charge in [-0.3, -0.25) is 9.69 Å². The Balaban J connectivity index is 1.51. The van der Waals surface area contributed by atoms with Crippen LogP contribution < -0.4 is 10.6 Å². The molecule has 0 atom stereocenters. The van der Waals surface area contributed by atoms with Gasteiger partial charge in [-0.05, 0) is 49.9 Å². The minimum atomic E-state index is -0.337. The summed E-state index contributed by atoms with van der Waals surface area (Å²) >= 11 is 0. The van der Waals surface area contributed by atoms with Gasteiger partial charge >= 0.3 is 0 Å². The molecule has 0 radical (unpaired) electrons. The Hall–Kier alpha value is -3.53. The van der Waals surface area contributed by atoms with Gasteiger partial charge in [0, 0.05) is 36.3 Å². The number of hydrogen-bond acceptors (Lipinski definition) is 6. The zero-order chi connectivity index (χ0) is 24.9. The molecule has 0 spiro atoms. The number of nitrogens with zero attached hydrogens (tertiary/aromatic N) is 6. The number of rotatable bonds is 6. The molecular weight excluding hydrogens is 447 g/mol. The van der Waals surface area contributed by atoms with Crippen LogP contribution in [-0.2, 0) is 4.79 Å². The molecule has 1 amide bonds. The molecule has 9 nitrogen and oxygen atoms in total. The summed E-state index contributed by atoms with van der Waals surface area (Å²) in [6.07, 6.45) is 6.82. The van der Waals surface area contributed by atoms with Crippen LogP contribution in [0.1, 0.15) is 43.7 Å². The van der Waals surface area contributed by atoms with Crippen LogP contribution in [0, 0.1) is 12.7 Å². The van der Waals surface area contributed by atoms with Gasteiger partial charge in [0.25, 0.3) is 0 Å². The highest BCUT2D eigenvalue weighted by molar-refractivity contribution is 5.93. The molecule has 10 heteroatoms. The summed E-state index contributed by atoms with van der Waals surface area (Å²) in [7, 11) is 1.91. The van der Waals surface area contributed by atoms with Gasteiger partial charge in [0.15, 0.2) is 17.3 Å². The first-order valence-corrected chi connectivity index (χ1v) is 12.0. The number of aryl methyl sites for hydroxylation is 1. The van der Waals surface area contributed by atoms with Crippen molar-refractivity contribution in [3.8, 4) is 11.3 Å². The Morgan fingerprint density at radius 2 is 2.06 bits per heavy atom. The number of nitrogens with one attached hydrogen (secondary N) is 1. The largest absolute Gasteiger partial charge is 0.369 e. The van der Waals surface area contributed by atoms with Crippen LogP contribution in [-0.4, -0.2) is 68.1 Å². The number of amides is 1. The van der Waals surface area contributed by atoms with Crippen LogP contribution in [0.15, 0.2) is 24.8 Å². The number of primary amides is 1. The predicted octanol–water partition coefficient (Wildman–Crippen LogP) is 3.23. The first-order valence-electron chi connectivity index (χ1n) is 12.0. The Bertz CT molecular complexity index is 1400. The third kappa shape index (κ3) is 4.12. The molecular formula is C25H31FN8O. The first-order chi connectivity index (χ1) is 16.7. The molecule has 3 N–H and O–H groups in total. The smallest absolute Gasteiger partial charge is 0.231 e. The van der Waals surface area contributed by atoms with E-state index in [9.17, 15) is 4.79 Å². The number of anilines is 1. The number of nitrogens with two attached hydrogens (primary N) is 1. The number of carbonyl (C=O) groups is 1. The molecule has 1 saturated heterocycles. The van der Waals surface area contributed by atoms with Crippen molar-refractivity contribution in [1.29, 1.82) is 0 Å². The number of piperidine rings is 1. The molecule has 184 valence electrons. The average Bonchev–Trinajstić information content (AvgIpc) is 3.44.